The smallest absolute Gasteiger partial charge is 0.141 e. The molecule has 10 aromatic carbocycles. The summed E-state index contributed by atoms with van der Waals surface area (Å²) in [5.74, 6) is 4.03. The van der Waals surface area contributed by atoms with Crippen LogP contribution in [-0.4, -0.2) is 20.8 Å². The van der Waals surface area contributed by atoms with Gasteiger partial charge in [0.25, 0.3) is 0 Å². The van der Waals surface area contributed by atoms with E-state index in [1.54, 1.807) is 24.4 Å². The minimum atomic E-state index is -0.559. The van der Waals surface area contributed by atoms with Crippen molar-refractivity contribution in [3.8, 4) is 56.8 Å². The highest BCUT2D eigenvalue weighted by Gasteiger charge is 2.32. The van der Waals surface area contributed by atoms with Gasteiger partial charge in [-0.15, -0.1) is 0 Å². The molecule has 7 heteroatoms. The average Bonchev–Trinajstić information content (AvgIpc) is 1.46. The molecule has 0 unspecified atom stereocenters. The Morgan fingerprint density at radius 2 is 1.00 bits per heavy atom. The first-order valence-electron chi connectivity index (χ1n) is 32.9. The Kier molecular flexibility index (Phi) is 10.2. The standard InChI is InChI=1S/C75H63N5O2/c1-48(2)53-41-64(49(3)4)75(65(42-53)50(5)6)82-58-39-40-76-73(46-58)80-69-38-35-55(79-67-31-15-13-27-61(67)62-28-14-16-32-68(62)79)44-66(69)63-37-36-57(45-72(63)80)81-56-26-19-25-54(43-56)77-47-78(71-34-18-17-33-70(71)77)74-59(51-21-9-7-10-22-51)29-20-30-60(74)52-23-11-8-12-24-52/h7-46,48-50H,47H2,1-6H3/i7D,8D,9D,10D,11D,12D,21D,22D,23D,24D. The van der Waals surface area contributed by atoms with E-state index in [2.05, 4.69) is 141 Å². The van der Waals surface area contributed by atoms with Crippen LogP contribution in [0.1, 0.15) is 89.7 Å². The molecule has 0 N–H and O–H groups in total. The summed E-state index contributed by atoms with van der Waals surface area (Å²) < 4.78 is 107. The van der Waals surface area contributed by atoms with Crippen molar-refractivity contribution in [1.82, 2.24) is 14.1 Å². The van der Waals surface area contributed by atoms with Gasteiger partial charge in [0.1, 0.15) is 35.5 Å². The lowest BCUT2D eigenvalue weighted by molar-refractivity contribution is 0.462. The summed E-state index contributed by atoms with van der Waals surface area (Å²) in [7, 11) is 0. The Hall–Kier alpha value is -9.85. The Labute approximate surface area is 493 Å². The van der Waals surface area contributed by atoms with Crippen molar-refractivity contribution in [2.45, 2.75) is 59.3 Å². The summed E-state index contributed by atoms with van der Waals surface area (Å²) in [6, 6.07) is 53.3. The van der Waals surface area contributed by atoms with Crippen LogP contribution in [0.25, 0.3) is 77.4 Å². The molecule has 7 nitrogen and oxygen atoms in total. The third kappa shape index (κ3) is 8.81. The predicted molar refractivity (Wildman–Crippen MR) is 341 cm³/mol. The largest absolute Gasteiger partial charge is 0.457 e. The van der Waals surface area contributed by atoms with Crippen LogP contribution in [0.15, 0.2) is 243 Å². The summed E-state index contributed by atoms with van der Waals surface area (Å²) in [5.41, 5.74) is 11.2. The minimum Gasteiger partial charge on any atom is -0.457 e. The van der Waals surface area contributed by atoms with E-state index in [1.165, 1.54) is 16.3 Å². The number of ether oxygens (including phenoxy) is 2. The maximum absolute atomic E-state index is 9.16. The van der Waals surface area contributed by atoms with Crippen molar-refractivity contribution < 1.29 is 23.2 Å². The van der Waals surface area contributed by atoms with E-state index in [4.69, 9.17) is 28.2 Å². The van der Waals surface area contributed by atoms with Crippen molar-refractivity contribution in [3.05, 3.63) is 259 Å². The highest BCUT2D eigenvalue weighted by Crippen LogP contribution is 2.51. The van der Waals surface area contributed by atoms with Crippen molar-refractivity contribution in [2.75, 3.05) is 16.5 Å². The van der Waals surface area contributed by atoms with Crippen molar-refractivity contribution in [1.29, 1.82) is 0 Å². The number of fused-ring (bicyclic) bond motifs is 7. The molecule has 14 rings (SSSR count). The molecule has 0 fully saturated rings. The summed E-state index contributed by atoms with van der Waals surface area (Å²) in [6.45, 7) is 13.4. The number of anilines is 4. The lowest BCUT2D eigenvalue weighted by Crippen LogP contribution is -2.24. The number of rotatable bonds is 13. The normalized spacial score (nSPS) is 14.2. The molecule has 0 radical (unpaired) electrons. The van der Waals surface area contributed by atoms with E-state index < -0.39 is 60.4 Å². The molecule has 400 valence electrons. The molecule has 0 amide bonds. The Morgan fingerprint density at radius 1 is 0.427 bits per heavy atom. The summed E-state index contributed by atoms with van der Waals surface area (Å²) in [5, 5.41) is 4.32. The zero-order chi connectivity index (χ0) is 64.3. The van der Waals surface area contributed by atoms with Gasteiger partial charge in [-0.1, -0.05) is 187 Å². The van der Waals surface area contributed by atoms with Gasteiger partial charge in [0, 0.05) is 68.4 Å². The van der Waals surface area contributed by atoms with Crippen LogP contribution in [0.4, 0.5) is 22.7 Å². The number of para-hydroxylation sites is 5. The van der Waals surface area contributed by atoms with E-state index in [1.807, 2.05) is 77.7 Å². The molecular formula is C75H63N5O2. The van der Waals surface area contributed by atoms with E-state index in [0.717, 1.165) is 66.8 Å². The summed E-state index contributed by atoms with van der Waals surface area (Å²) in [6.07, 6.45) is 1.80. The van der Waals surface area contributed by atoms with Gasteiger partial charge in [-0.25, -0.2) is 4.98 Å². The molecule has 82 heavy (non-hydrogen) atoms. The molecule has 0 aliphatic carbocycles. The molecule has 1 aliphatic heterocycles. The van der Waals surface area contributed by atoms with E-state index in [-0.39, 0.29) is 46.4 Å². The maximum atomic E-state index is 9.16. The van der Waals surface area contributed by atoms with Crippen LogP contribution in [-0.2, 0) is 0 Å². The van der Waals surface area contributed by atoms with Crippen LogP contribution < -0.4 is 19.3 Å². The molecule has 0 atom stereocenters. The van der Waals surface area contributed by atoms with Crippen molar-refractivity contribution >= 4 is 66.4 Å². The van der Waals surface area contributed by atoms with Gasteiger partial charge in [0.2, 0.25) is 0 Å². The third-order valence-corrected chi connectivity index (χ3v) is 15.8. The molecule has 0 saturated carbocycles. The zero-order valence-corrected chi connectivity index (χ0v) is 46.3. The fraction of sp³-hybridized carbons (Fsp3) is 0.133. The van der Waals surface area contributed by atoms with Gasteiger partial charge in [0.05, 0.1) is 52.8 Å². The average molecular weight is 1080 g/mol. The third-order valence-electron chi connectivity index (χ3n) is 15.8. The van der Waals surface area contributed by atoms with Gasteiger partial charge >= 0.3 is 0 Å². The number of hydrogen-bond donors (Lipinski definition) is 0. The van der Waals surface area contributed by atoms with Crippen molar-refractivity contribution in [3.63, 3.8) is 0 Å². The first-order chi connectivity index (χ1) is 44.3. The van der Waals surface area contributed by atoms with Crippen LogP contribution in [0.3, 0.4) is 0 Å². The topological polar surface area (TPSA) is 47.7 Å². The fourth-order valence-corrected chi connectivity index (χ4v) is 11.8. The first kappa shape index (κ1) is 40.3. The maximum Gasteiger partial charge on any atom is 0.141 e. The molecule has 0 saturated heterocycles. The first-order valence-corrected chi connectivity index (χ1v) is 27.9. The van der Waals surface area contributed by atoms with Crippen molar-refractivity contribution in [2.24, 2.45) is 0 Å². The molecule has 4 heterocycles. The van der Waals surface area contributed by atoms with Crippen LogP contribution in [0, 0.1) is 0 Å². The van der Waals surface area contributed by atoms with Gasteiger partial charge in [0.15, 0.2) is 0 Å². The molecule has 13 aromatic rings. The SMILES string of the molecule is [2H]c1c([2H])c([2H])c(-c2cccc(-c3c([2H])c([2H])c([2H])c([2H])c3[2H])c2N2CN(c3cccc(Oc4ccc5c6cc(-n7c8ccccc8c8ccccc87)ccc6n(-c6cc(Oc7c(C(C)C)cc(C(C)C)cc7C(C)C)ccn6)c5c4)c3)c3ccccc32)c([2H])c1[2H]. The Balaban J connectivity index is 0.888. The van der Waals surface area contributed by atoms with Gasteiger partial charge < -0.3 is 23.8 Å². The number of aromatic nitrogens is 3. The predicted octanol–water partition coefficient (Wildman–Crippen LogP) is 20.8. The van der Waals surface area contributed by atoms with E-state index in [0.29, 0.717) is 34.7 Å². The van der Waals surface area contributed by atoms with E-state index in [9.17, 15) is 0 Å². The monoisotopic (exact) mass is 1080 g/mol. The summed E-state index contributed by atoms with van der Waals surface area (Å²) in [4.78, 5) is 9.02. The van der Waals surface area contributed by atoms with Crippen LogP contribution in [0.5, 0.6) is 23.0 Å². The molecule has 0 bridgehead atoms. The quantitative estimate of drug-likeness (QED) is 0.115. The zero-order valence-electron chi connectivity index (χ0n) is 56.3. The van der Waals surface area contributed by atoms with E-state index >= 15 is 0 Å². The van der Waals surface area contributed by atoms with Crippen LogP contribution >= 0.6 is 0 Å². The van der Waals surface area contributed by atoms with Gasteiger partial charge in [-0.05, 0) is 118 Å². The molecule has 3 aromatic heterocycles. The number of pyridine rings is 1. The lowest BCUT2D eigenvalue weighted by atomic mass is 9.88. The second-order valence-electron chi connectivity index (χ2n) is 21.8. The highest BCUT2D eigenvalue weighted by molar-refractivity contribution is 6.12. The Morgan fingerprint density at radius 3 is 1.65 bits per heavy atom. The molecule has 1 aliphatic rings. The molecule has 0 spiro atoms. The number of benzene rings is 10. The number of hydrogen-bond acceptors (Lipinski definition) is 5. The minimum absolute atomic E-state index is 0.0867. The van der Waals surface area contributed by atoms with Gasteiger partial charge in [-0.3, -0.25) is 4.57 Å². The second-order valence-corrected chi connectivity index (χ2v) is 21.8. The Bertz CT molecular complexity index is 4960. The van der Waals surface area contributed by atoms with Crippen LogP contribution in [0.2, 0.25) is 0 Å². The highest BCUT2D eigenvalue weighted by atomic mass is 16.5. The number of nitrogens with zero attached hydrogens (tertiary/aromatic N) is 5. The molecular weight excluding hydrogens is 1000 g/mol. The summed E-state index contributed by atoms with van der Waals surface area (Å²) >= 11 is 0. The fourth-order valence-electron chi connectivity index (χ4n) is 11.8. The van der Waals surface area contributed by atoms with Gasteiger partial charge in [-0.2, -0.15) is 0 Å². The second kappa shape index (κ2) is 20.7. The lowest BCUT2D eigenvalue weighted by Gasteiger charge is -2.27.